The first-order chi connectivity index (χ1) is 8.38. The molecule has 3 rings (SSSR count). The van der Waals surface area contributed by atoms with E-state index in [1.807, 2.05) is 6.08 Å². The predicted octanol–water partition coefficient (Wildman–Crippen LogP) is 3.57. The van der Waals surface area contributed by atoms with Crippen LogP contribution in [0.15, 0.2) is 41.1 Å². The molecule has 0 spiro atoms. The van der Waals surface area contributed by atoms with Gasteiger partial charge in [-0.3, -0.25) is 0 Å². The van der Waals surface area contributed by atoms with Gasteiger partial charge in [-0.05, 0) is 45.7 Å². The SMILES string of the molecule is Cl.NCC1=CCOc2cc(-c3ccsc3)ccc21. The largest absolute Gasteiger partial charge is 0.489 e. The topological polar surface area (TPSA) is 35.2 Å². The van der Waals surface area contributed by atoms with Crippen LogP contribution in [0, 0.1) is 0 Å². The number of halogens is 1. The quantitative estimate of drug-likeness (QED) is 0.912. The summed E-state index contributed by atoms with van der Waals surface area (Å²) in [6.07, 6.45) is 2.05. The molecule has 0 saturated heterocycles. The molecule has 18 heavy (non-hydrogen) atoms. The zero-order chi connectivity index (χ0) is 11.7. The van der Waals surface area contributed by atoms with Crippen LogP contribution in [0.3, 0.4) is 0 Å². The summed E-state index contributed by atoms with van der Waals surface area (Å²) in [5, 5.41) is 4.23. The maximum absolute atomic E-state index is 5.73. The fourth-order valence-electron chi connectivity index (χ4n) is 2.05. The molecule has 0 bridgehead atoms. The lowest BCUT2D eigenvalue weighted by atomic mass is 9.99. The van der Waals surface area contributed by atoms with Crippen LogP contribution in [0.2, 0.25) is 0 Å². The molecule has 2 nitrogen and oxygen atoms in total. The molecular weight excluding hydrogens is 266 g/mol. The third-order valence-electron chi connectivity index (χ3n) is 2.97. The number of benzene rings is 1. The van der Waals surface area contributed by atoms with E-state index in [9.17, 15) is 0 Å². The van der Waals surface area contributed by atoms with Crippen molar-refractivity contribution >= 4 is 29.3 Å². The van der Waals surface area contributed by atoms with Crippen LogP contribution in [0.4, 0.5) is 0 Å². The first-order valence-corrected chi connectivity index (χ1v) is 6.51. The van der Waals surface area contributed by atoms with Crippen LogP contribution in [-0.4, -0.2) is 13.2 Å². The summed E-state index contributed by atoms with van der Waals surface area (Å²) in [5.41, 5.74) is 10.5. The lowest BCUT2D eigenvalue weighted by molar-refractivity contribution is 0.357. The monoisotopic (exact) mass is 279 g/mol. The maximum atomic E-state index is 5.73. The highest BCUT2D eigenvalue weighted by atomic mass is 35.5. The minimum Gasteiger partial charge on any atom is -0.489 e. The van der Waals surface area contributed by atoms with E-state index < -0.39 is 0 Å². The third-order valence-corrected chi connectivity index (χ3v) is 3.65. The molecule has 1 aliphatic rings. The lowest BCUT2D eigenvalue weighted by Gasteiger charge is -2.18. The number of nitrogens with two attached hydrogens (primary N) is 1. The van der Waals surface area contributed by atoms with Crippen molar-refractivity contribution in [3.63, 3.8) is 0 Å². The lowest BCUT2D eigenvalue weighted by Crippen LogP contribution is -2.10. The van der Waals surface area contributed by atoms with Crippen LogP contribution in [0.5, 0.6) is 5.75 Å². The van der Waals surface area contributed by atoms with Gasteiger partial charge in [0.05, 0.1) is 0 Å². The van der Waals surface area contributed by atoms with Gasteiger partial charge in [0.15, 0.2) is 0 Å². The Balaban J connectivity index is 0.00000120. The van der Waals surface area contributed by atoms with E-state index in [0.717, 1.165) is 11.3 Å². The number of ether oxygens (including phenoxy) is 1. The van der Waals surface area contributed by atoms with Crippen molar-refractivity contribution in [2.24, 2.45) is 5.73 Å². The van der Waals surface area contributed by atoms with Gasteiger partial charge in [0.25, 0.3) is 0 Å². The molecule has 0 aliphatic carbocycles. The van der Waals surface area contributed by atoms with Gasteiger partial charge in [0, 0.05) is 12.1 Å². The van der Waals surface area contributed by atoms with E-state index in [1.54, 1.807) is 11.3 Å². The Kier molecular flexibility index (Phi) is 4.07. The van der Waals surface area contributed by atoms with Crippen molar-refractivity contribution in [3.05, 3.63) is 46.7 Å². The Morgan fingerprint density at radius 2 is 2.11 bits per heavy atom. The molecule has 0 unspecified atom stereocenters. The summed E-state index contributed by atoms with van der Waals surface area (Å²) in [7, 11) is 0. The van der Waals surface area contributed by atoms with Gasteiger partial charge in [-0.25, -0.2) is 0 Å². The van der Waals surface area contributed by atoms with Crippen molar-refractivity contribution in [2.45, 2.75) is 0 Å². The molecule has 2 aromatic rings. The average molecular weight is 280 g/mol. The molecule has 0 amide bonds. The highest BCUT2D eigenvalue weighted by Crippen LogP contribution is 2.34. The second-order valence-electron chi connectivity index (χ2n) is 3.97. The van der Waals surface area contributed by atoms with Gasteiger partial charge in [-0.15, -0.1) is 12.4 Å². The molecule has 2 heterocycles. The van der Waals surface area contributed by atoms with Crippen LogP contribution in [-0.2, 0) is 0 Å². The predicted molar refractivity (Wildman–Crippen MR) is 79.5 cm³/mol. The van der Waals surface area contributed by atoms with Crippen LogP contribution in [0.25, 0.3) is 16.7 Å². The summed E-state index contributed by atoms with van der Waals surface area (Å²) in [6.45, 7) is 1.18. The molecule has 1 aromatic heterocycles. The fraction of sp³-hybridized carbons (Fsp3) is 0.143. The minimum atomic E-state index is 0. The standard InChI is InChI=1S/C14H13NOS.ClH/c15-8-11-3-5-16-14-7-10(1-2-13(11)14)12-4-6-17-9-12;/h1-4,6-7,9H,5,8,15H2;1H. The number of fused-ring (bicyclic) bond motifs is 1. The zero-order valence-electron chi connectivity index (χ0n) is 9.76. The highest BCUT2D eigenvalue weighted by Gasteiger charge is 2.13. The number of thiophene rings is 1. The molecule has 0 saturated carbocycles. The number of rotatable bonds is 2. The van der Waals surface area contributed by atoms with E-state index in [1.165, 1.54) is 16.7 Å². The fourth-order valence-corrected chi connectivity index (χ4v) is 2.72. The van der Waals surface area contributed by atoms with Crippen molar-refractivity contribution < 1.29 is 4.74 Å². The van der Waals surface area contributed by atoms with Gasteiger partial charge in [-0.2, -0.15) is 11.3 Å². The van der Waals surface area contributed by atoms with Crippen molar-refractivity contribution in [1.82, 2.24) is 0 Å². The first-order valence-electron chi connectivity index (χ1n) is 5.57. The van der Waals surface area contributed by atoms with Crippen LogP contribution < -0.4 is 10.5 Å². The van der Waals surface area contributed by atoms with Crippen molar-refractivity contribution in [3.8, 4) is 16.9 Å². The summed E-state index contributed by atoms with van der Waals surface area (Å²) in [5.74, 6) is 0.941. The molecule has 2 N–H and O–H groups in total. The normalized spacial score (nSPS) is 13.1. The molecule has 4 heteroatoms. The van der Waals surface area contributed by atoms with E-state index in [-0.39, 0.29) is 12.4 Å². The summed E-state index contributed by atoms with van der Waals surface area (Å²) in [4.78, 5) is 0. The smallest absolute Gasteiger partial charge is 0.127 e. The highest BCUT2D eigenvalue weighted by molar-refractivity contribution is 7.08. The van der Waals surface area contributed by atoms with Gasteiger partial charge >= 0.3 is 0 Å². The summed E-state index contributed by atoms with van der Waals surface area (Å²) < 4.78 is 5.67. The third kappa shape index (κ3) is 2.29. The summed E-state index contributed by atoms with van der Waals surface area (Å²) in [6, 6.07) is 8.44. The second-order valence-corrected chi connectivity index (χ2v) is 4.75. The van der Waals surface area contributed by atoms with E-state index >= 15 is 0 Å². The Hall–Kier alpha value is -1.29. The van der Waals surface area contributed by atoms with E-state index in [4.69, 9.17) is 10.5 Å². The Morgan fingerprint density at radius 3 is 2.83 bits per heavy atom. The van der Waals surface area contributed by atoms with Crippen LogP contribution >= 0.6 is 23.7 Å². The van der Waals surface area contributed by atoms with Crippen LogP contribution in [0.1, 0.15) is 5.56 Å². The number of hydrogen-bond donors (Lipinski definition) is 1. The Bertz CT molecular complexity index is 563. The first kappa shape index (κ1) is 13.1. The van der Waals surface area contributed by atoms with Crippen molar-refractivity contribution in [1.29, 1.82) is 0 Å². The minimum absolute atomic E-state index is 0. The Labute approximate surface area is 116 Å². The van der Waals surface area contributed by atoms with E-state index in [0.29, 0.717) is 13.2 Å². The molecule has 94 valence electrons. The molecule has 0 radical (unpaired) electrons. The molecule has 1 aliphatic heterocycles. The molecular formula is C14H14ClNOS. The van der Waals surface area contributed by atoms with Gasteiger partial charge < -0.3 is 10.5 Å². The summed E-state index contributed by atoms with van der Waals surface area (Å²) >= 11 is 1.70. The number of hydrogen-bond acceptors (Lipinski definition) is 3. The van der Waals surface area contributed by atoms with Crippen molar-refractivity contribution in [2.75, 3.05) is 13.2 Å². The Morgan fingerprint density at radius 1 is 1.22 bits per heavy atom. The second kappa shape index (κ2) is 5.57. The maximum Gasteiger partial charge on any atom is 0.127 e. The van der Waals surface area contributed by atoms with Gasteiger partial charge in [0.1, 0.15) is 12.4 Å². The molecule has 0 fully saturated rings. The van der Waals surface area contributed by atoms with Gasteiger partial charge in [0.2, 0.25) is 0 Å². The van der Waals surface area contributed by atoms with E-state index in [2.05, 4.69) is 35.0 Å². The molecule has 1 aromatic carbocycles. The average Bonchev–Trinajstić information content (AvgIpc) is 2.91. The van der Waals surface area contributed by atoms with Gasteiger partial charge in [-0.1, -0.05) is 12.1 Å². The molecule has 0 atom stereocenters. The zero-order valence-corrected chi connectivity index (χ0v) is 11.4.